The van der Waals surface area contributed by atoms with Gasteiger partial charge in [0.15, 0.2) is 6.61 Å². The number of rotatable bonds is 8. The first kappa shape index (κ1) is 24.1. The predicted molar refractivity (Wildman–Crippen MR) is 119 cm³/mol. The van der Waals surface area contributed by atoms with E-state index in [1.54, 1.807) is 39.0 Å². The van der Waals surface area contributed by atoms with Gasteiger partial charge in [0.05, 0.1) is 12.2 Å². The standard InChI is InChI=1S/C23H29N3O7/c1-23(2,3)33-22(30)25-10-4-9-24-20(28)13-31-14-5-7-18-16(11-14)17(12-32-18)15-6-8-19(27)26-21(15)29/h5,7,11-12,15H,4,6,8-10,13H2,1-3H3,(H,24,28)(H,25,30)(H,26,27,29). The lowest BCUT2D eigenvalue weighted by atomic mass is 9.90. The first-order chi connectivity index (χ1) is 15.6. The summed E-state index contributed by atoms with van der Waals surface area (Å²) in [4.78, 5) is 47.2. The topological polar surface area (TPSA) is 136 Å². The Morgan fingerprint density at radius 1 is 1.18 bits per heavy atom. The molecule has 178 valence electrons. The molecule has 10 heteroatoms. The monoisotopic (exact) mass is 459 g/mol. The van der Waals surface area contributed by atoms with Crippen LogP contribution < -0.4 is 20.7 Å². The zero-order valence-electron chi connectivity index (χ0n) is 19.0. The van der Waals surface area contributed by atoms with E-state index in [2.05, 4.69) is 16.0 Å². The molecule has 1 saturated heterocycles. The zero-order chi connectivity index (χ0) is 24.0. The summed E-state index contributed by atoms with van der Waals surface area (Å²) >= 11 is 0. The van der Waals surface area contributed by atoms with E-state index in [0.29, 0.717) is 48.2 Å². The molecule has 1 aliphatic rings. The molecule has 1 unspecified atom stereocenters. The van der Waals surface area contributed by atoms with Crippen molar-refractivity contribution in [1.82, 2.24) is 16.0 Å². The Morgan fingerprint density at radius 2 is 1.94 bits per heavy atom. The van der Waals surface area contributed by atoms with Crippen LogP contribution in [0.3, 0.4) is 0 Å². The number of carbonyl (C=O) groups excluding carboxylic acids is 4. The lowest BCUT2D eigenvalue weighted by molar-refractivity contribution is -0.134. The number of hydrogen-bond donors (Lipinski definition) is 3. The van der Waals surface area contributed by atoms with Crippen LogP contribution in [-0.2, 0) is 19.1 Å². The minimum absolute atomic E-state index is 0.184. The highest BCUT2D eigenvalue weighted by molar-refractivity contribution is 6.02. The maximum Gasteiger partial charge on any atom is 0.407 e. The Labute approximate surface area is 191 Å². The average Bonchev–Trinajstić information content (AvgIpc) is 3.14. The van der Waals surface area contributed by atoms with Crippen LogP contribution in [0.1, 0.15) is 51.5 Å². The van der Waals surface area contributed by atoms with Gasteiger partial charge in [-0.2, -0.15) is 0 Å². The first-order valence-electron chi connectivity index (χ1n) is 10.8. The molecule has 4 amide bonds. The van der Waals surface area contributed by atoms with Gasteiger partial charge in [0, 0.05) is 30.5 Å². The average molecular weight is 459 g/mol. The van der Waals surface area contributed by atoms with Crippen LogP contribution in [0, 0.1) is 0 Å². The molecular formula is C23H29N3O7. The number of carbonyl (C=O) groups is 4. The third-order valence-corrected chi connectivity index (χ3v) is 4.90. The van der Waals surface area contributed by atoms with E-state index in [-0.39, 0.29) is 30.7 Å². The minimum Gasteiger partial charge on any atom is -0.484 e. The molecule has 1 aliphatic heterocycles. The number of alkyl carbamates (subject to hydrolysis) is 1. The molecule has 1 aromatic heterocycles. The molecule has 33 heavy (non-hydrogen) atoms. The van der Waals surface area contributed by atoms with Crippen LogP contribution in [-0.4, -0.2) is 49.1 Å². The van der Waals surface area contributed by atoms with Crippen molar-refractivity contribution in [3.63, 3.8) is 0 Å². The fourth-order valence-corrected chi connectivity index (χ4v) is 3.40. The molecule has 3 N–H and O–H groups in total. The van der Waals surface area contributed by atoms with Gasteiger partial charge < -0.3 is 24.5 Å². The molecule has 2 aromatic rings. The van der Waals surface area contributed by atoms with Crippen LogP contribution in [0.15, 0.2) is 28.9 Å². The summed E-state index contributed by atoms with van der Waals surface area (Å²) in [5.74, 6) is -0.943. The zero-order valence-corrected chi connectivity index (χ0v) is 19.0. The number of amides is 4. The highest BCUT2D eigenvalue weighted by atomic mass is 16.6. The normalized spacial score (nSPS) is 16.3. The maximum atomic E-state index is 12.2. The number of hydrogen-bond acceptors (Lipinski definition) is 7. The largest absolute Gasteiger partial charge is 0.484 e. The van der Waals surface area contributed by atoms with Crippen LogP contribution in [0.2, 0.25) is 0 Å². The molecular weight excluding hydrogens is 430 g/mol. The van der Waals surface area contributed by atoms with Crippen LogP contribution in [0.25, 0.3) is 11.0 Å². The number of imide groups is 1. The van der Waals surface area contributed by atoms with Crippen molar-refractivity contribution in [2.75, 3.05) is 19.7 Å². The molecule has 10 nitrogen and oxygen atoms in total. The predicted octanol–water partition coefficient (Wildman–Crippen LogP) is 2.36. The third kappa shape index (κ3) is 6.96. The number of fused-ring (bicyclic) bond motifs is 1. The minimum atomic E-state index is -0.558. The number of ether oxygens (including phenoxy) is 2. The van der Waals surface area contributed by atoms with Gasteiger partial charge in [0.2, 0.25) is 11.8 Å². The van der Waals surface area contributed by atoms with Gasteiger partial charge in [0.25, 0.3) is 5.91 Å². The van der Waals surface area contributed by atoms with Gasteiger partial charge in [-0.1, -0.05) is 0 Å². The van der Waals surface area contributed by atoms with Gasteiger partial charge in [-0.25, -0.2) is 4.79 Å². The Kier molecular flexibility index (Phi) is 7.57. The lowest BCUT2D eigenvalue weighted by Gasteiger charge is -2.20. The summed E-state index contributed by atoms with van der Waals surface area (Å²) in [5.41, 5.74) is 0.712. The van der Waals surface area contributed by atoms with Gasteiger partial charge in [0.1, 0.15) is 16.9 Å². The van der Waals surface area contributed by atoms with Crippen molar-refractivity contribution in [2.24, 2.45) is 0 Å². The van der Waals surface area contributed by atoms with Crippen molar-refractivity contribution in [3.05, 3.63) is 30.0 Å². The molecule has 0 bridgehead atoms. The summed E-state index contributed by atoms with van der Waals surface area (Å²) in [6, 6.07) is 5.11. The second kappa shape index (κ2) is 10.4. The van der Waals surface area contributed by atoms with Crippen molar-refractivity contribution < 1.29 is 33.1 Å². The molecule has 1 atom stereocenters. The summed E-state index contributed by atoms with van der Waals surface area (Å²) in [7, 11) is 0. The highest BCUT2D eigenvalue weighted by Crippen LogP contribution is 2.34. The number of piperidine rings is 1. The molecule has 1 fully saturated rings. The molecule has 0 spiro atoms. The second-order valence-electron chi connectivity index (χ2n) is 8.77. The molecule has 0 aliphatic carbocycles. The van der Waals surface area contributed by atoms with E-state index in [9.17, 15) is 19.2 Å². The SMILES string of the molecule is CC(C)(C)OC(=O)NCCCNC(=O)COc1ccc2occ(C3CCC(=O)NC3=O)c2c1. The molecule has 2 heterocycles. The first-order valence-corrected chi connectivity index (χ1v) is 10.8. The molecule has 0 radical (unpaired) electrons. The smallest absolute Gasteiger partial charge is 0.407 e. The van der Waals surface area contributed by atoms with E-state index < -0.39 is 17.6 Å². The van der Waals surface area contributed by atoms with E-state index in [1.807, 2.05) is 0 Å². The lowest BCUT2D eigenvalue weighted by Crippen LogP contribution is -2.39. The van der Waals surface area contributed by atoms with Gasteiger partial charge >= 0.3 is 6.09 Å². The van der Waals surface area contributed by atoms with Gasteiger partial charge in [-0.05, 0) is 51.8 Å². The number of nitrogens with one attached hydrogen (secondary N) is 3. The Balaban J connectivity index is 1.45. The van der Waals surface area contributed by atoms with E-state index in [0.717, 1.165) is 0 Å². The summed E-state index contributed by atoms with van der Waals surface area (Å²) in [6.07, 6.45) is 2.25. The van der Waals surface area contributed by atoms with Crippen LogP contribution in [0.5, 0.6) is 5.75 Å². The van der Waals surface area contributed by atoms with Crippen molar-refractivity contribution in [2.45, 2.75) is 51.6 Å². The summed E-state index contributed by atoms with van der Waals surface area (Å²) < 4.78 is 16.3. The maximum absolute atomic E-state index is 12.2. The Bertz CT molecular complexity index is 1040. The summed E-state index contributed by atoms with van der Waals surface area (Å²) in [6.45, 7) is 5.91. The molecule has 0 saturated carbocycles. The molecule has 3 rings (SSSR count). The fraction of sp³-hybridized carbons (Fsp3) is 0.478. The van der Waals surface area contributed by atoms with Crippen molar-refractivity contribution >= 4 is 34.8 Å². The van der Waals surface area contributed by atoms with Gasteiger partial charge in [-0.3, -0.25) is 19.7 Å². The quantitative estimate of drug-likeness (QED) is 0.407. The van der Waals surface area contributed by atoms with E-state index in [4.69, 9.17) is 13.9 Å². The van der Waals surface area contributed by atoms with Crippen molar-refractivity contribution in [1.29, 1.82) is 0 Å². The van der Waals surface area contributed by atoms with Gasteiger partial charge in [-0.15, -0.1) is 0 Å². The van der Waals surface area contributed by atoms with Crippen LogP contribution in [0.4, 0.5) is 4.79 Å². The van der Waals surface area contributed by atoms with E-state index >= 15 is 0 Å². The third-order valence-electron chi connectivity index (χ3n) is 4.90. The Morgan fingerprint density at radius 3 is 2.67 bits per heavy atom. The summed E-state index contributed by atoms with van der Waals surface area (Å²) in [5, 5.41) is 8.40. The molecule has 1 aromatic carbocycles. The highest BCUT2D eigenvalue weighted by Gasteiger charge is 2.30. The number of furan rings is 1. The Hall–Kier alpha value is -3.56. The number of benzene rings is 1. The fourth-order valence-electron chi connectivity index (χ4n) is 3.40. The second-order valence-corrected chi connectivity index (χ2v) is 8.77. The van der Waals surface area contributed by atoms with Crippen molar-refractivity contribution in [3.8, 4) is 5.75 Å². The van der Waals surface area contributed by atoms with Crippen LogP contribution >= 0.6 is 0 Å². The van der Waals surface area contributed by atoms with E-state index in [1.165, 1.54) is 6.26 Å².